The molecule has 0 aliphatic rings. The zero-order valence-corrected chi connectivity index (χ0v) is 12.0. The van der Waals surface area contributed by atoms with Crippen LogP contribution in [0.15, 0.2) is 66.9 Å². The molecular weight excluding hydrogens is 260 g/mol. The van der Waals surface area contributed by atoms with E-state index in [1.54, 1.807) is 10.9 Å². The fourth-order valence-corrected chi connectivity index (χ4v) is 2.41. The number of rotatable bonds is 4. The molecule has 1 heterocycles. The minimum atomic E-state index is -0.682. The Kier molecular flexibility index (Phi) is 3.84. The molecule has 2 aromatic carbocycles. The van der Waals surface area contributed by atoms with Crippen molar-refractivity contribution in [1.82, 2.24) is 9.78 Å². The number of para-hydroxylation sites is 1. The Morgan fingerprint density at radius 2 is 1.71 bits per heavy atom. The van der Waals surface area contributed by atoms with Crippen molar-refractivity contribution in [3.05, 3.63) is 83.7 Å². The number of aliphatic hydroxyl groups is 1. The Morgan fingerprint density at radius 3 is 2.38 bits per heavy atom. The topological polar surface area (TPSA) is 38.1 Å². The van der Waals surface area contributed by atoms with Gasteiger partial charge in [-0.25, -0.2) is 4.68 Å². The van der Waals surface area contributed by atoms with Gasteiger partial charge in [-0.05, 0) is 35.7 Å². The van der Waals surface area contributed by atoms with Gasteiger partial charge in [0.15, 0.2) is 0 Å². The van der Waals surface area contributed by atoms with Gasteiger partial charge in [-0.3, -0.25) is 0 Å². The smallest absolute Gasteiger partial charge is 0.121 e. The first-order valence-electron chi connectivity index (χ1n) is 7.16. The van der Waals surface area contributed by atoms with E-state index in [0.717, 1.165) is 23.4 Å². The van der Waals surface area contributed by atoms with Crippen LogP contribution in [-0.4, -0.2) is 14.9 Å². The average molecular weight is 278 g/mol. The molecule has 0 radical (unpaired) electrons. The Labute approximate surface area is 124 Å². The molecule has 1 N–H and O–H groups in total. The first-order valence-corrected chi connectivity index (χ1v) is 7.16. The van der Waals surface area contributed by atoms with Gasteiger partial charge < -0.3 is 5.11 Å². The first-order chi connectivity index (χ1) is 10.3. The normalized spacial score (nSPS) is 12.3. The van der Waals surface area contributed by atoms with E-state index in [-0.39, 0.29) is 0 Å². The highest BCUT2D eigenvalue weighted by Gasteiger charge is 2.16. The molecule has 106 valence electrons. The van der Waals surface area contributed by atoms with Crippen molar-refractivity contribution < 1.29 is 5.11 Å². The second-order valence-corrected chi connectivity index (χ2v) is 5.00. The molecule has 0 bridgehead atoms. The predicted octanol–water partition coefficient (Wildman–Crippen LogP) is 3.52. The highest BCUT2D eigenvalue weighted by atomic mass is 16.3. The summed E-state index contributed by atoms with van der Waals surface area (Å²) < 4.78 is 1.78. The van der Waals surface area contributed by atoms with E-state index in [1.807, 2.05) is 48.5 Å². The molecule has 3 nitrogen and oxygen atoms in total. The van der Waals surface area contributed by atoms with Crippen LogP contribution in [0.5, 0.6) is 0 Å². The number of hydrogen-bond donors (Lipinski definition) is 1. The van der Waals surface area contributed by atoms with Gasteiger partial charge in [-0.1, -0.05) is 49.4 Å². The number of aliphatic hydroxyl groups excluding tert-OH is 1. The van der Waals surface area contributed by atoms with Crippen LogP contribution in [-0.2, 0) is 6.42 Å². The lowest BCUT2D eigenvalue weighted by molar-refractivity contribution is 0.212. The molecule has 0 spiro atoms. The lowest BCUT2D eigenvalue weighted by atomic mass is 10.0. The highest BCUT2D eigenvalue weighted by Crippen LogP contribution is 2.24. The lowest BCUT2D eigenvalue weighted by Gasteiger charge is -2.14. The van der Waals surface area contributed by atoms with Gasteiger partial charge in [0.25, 0.3) is 0 Å². The Morgan fingerprint density at radius 1 is 1.00 bits per heavy atom. The van der Waals surface area contributed by atoms with Crippen molar-refractivity contribution in [2.75, 3.05) is 0 Å². The predicted molar refractivity (Wildman–Crippen MR) is 83.4 cm³/mol. The molecule has 0 aliphatic carbocycles. The van der Waals surface area contributed by atoms with E-state index in [0.29, 0.717) is 0 Å². The summed E-state index contributed by atoms with van der Waals surface area (Å²) in [6.07, 6.45) is 2.03. The van der Waals surface area contributed by atoms with Crippen LogP contribution in [0.4, 0.5) is 0 Å². The van der Waals surface area contributed by atoms with E-state index in [9.17, 15) is 5.11 Å². The minimum Gasteiger partial charge on any atom is -0.382 e. The van der Waals surface area contributed by atoms with Crippen molar-refractivity contribution in [3.63, 3.8) is 0 Å². The first kappa shape index (κ1) is 13.6. The van der Waals surface area contributed by atoms with Gasteiger partial charge in [-0.15, -0.1) is 0 Å². The maximum atomic E-state index is 10.6. The summed E-state index contributed by atoms with van der Waals surface area (Å²) in [4.78, 5) is 0. The summed E-state index contributed by atoms with van der Waals surface area (Å²) in [7, 11) is 0. The molecule has 0 saturated carbocycles. The monoisotopic (exact) mass is 278 g/mol. The van der Waals surface area contributed by atoms with Crippen LogP contribution < -0.4 is 0 Å². The Balaban J connectivity index is 1.95. The third-order valence-corrected chi connectivity index (χ3v) is 3.66. The molecule has 1 atom stereocenters. The van der Waals surface area contributed by atoms with E-state index in [1.165, 1.54) is 5.56 Å². The third kappa shape index (κ3) is 2.73. The zero-order valence-electron chi connectivity index (χ0n) is 12.0. The van der Waals surface area contributed by atoms with Crippen LogP contribution in [0.2, 0.25) is 0 Å². The van der Waals surface area contributed by atoms with Gasteiger partial charge in [-0.2, -0.15) is 5.10 Å². The van der Waals surface area contributed by atoms with Crippen molar-refractivity contribution in [2.45, 2.75) is 19.4 Å². The van der Waals surface area contributed by atoms with E-state index >= 15 is 0 Å². The molecule has 1 aromatic heterocycles. The molecule has 0 saturated heterocycles. The molecule has 3 heteroatoms. The fraction of sp³-hybridized carbons (Fsp3) is 0.167. The molecule has 1 unspecified atom stereocenters. The van der Waals surface area contributed by atoms with Gasteiger partial charge in [0.2, 0.25) is 0 Å². The minimum absolute atomic E-state index is 0.682. The molecule has 0 amide bonds. The molecule has 3 rings (SSSR count). The van der Waals surface area contributed by atoms with Gasteiger partial charge in [0.1, 0.15) is 6.10 Å². The fourth-order valence-electron chi connectivity index (χ4n) is 2.41. The average Bonchev–Trinajstić information content (AvgIpc) is 3.04. The van der Waals surface area contributed by atoms with Crippen molar-refractivity contribution in [2.24, 2.45) is 0 Å². The summed E-state index contributed by atoms with van der Waals surface area (Å²) in [5.41, 5.74) is 3.86. The maximum absolute atomic E-state index is 10.6. The van der Waals surface area contributed by atoms with Crippen molar-refractivity contribution in [1.29, 1.82) is 0 Å². The van der Waals surface area contributed by atoms with E-state index in [2.05, 4.69) is 24.2 Å². The number of hydrogen-bond acceptors (Lipinski definition) is 2. The van der Waals surface area contributed by atoms with Crippen LogP contribution in [0.1, 0.15) is 29.8 Å². The lowest BCUT2D eigenvalue weighted by Crippen LogP contribution is -2.08. The van der Waals surface area contributed by atoms with Crippen LogP contribution in [0, 0.1) is 0 Å². The number of aromatic nitrogens is 2. The summed E-state index contributed by atoms with van der Waals surface area (Å²) >= 11 is 0. The second kappa shape index (κ2) is 5.94. The van der Waals surface area contributed by atoms with Crippen LogP contribution in [0.3, 0.4) is 0 Å². The molecule has 0 aliphatic heterocycles. The van der Waals surface area contributed by atoms with Gasteiger partial charge in [0, 0.05) is 6.20 Å². The maximum Gasteiger partial charge on any atom is 0.121 e. The SMILES string of the molecule is CCc1ccc(C(O)c2ccnn2-c2ccccc2)cc1. The molecule has 0 fully saturated rings. The molecular formula is C18H18N2O. The largest absolute Gasteiger partial charge is 0.382 e. The quantitative estimate of drug-likeness (QED) is 0.793. The Hall–Kier alpha value is -2.39. The summed E-state index contributed by atoms with van der Waals surface area (Å²) in [5.74, 6) is 0. The van der Waals surface area contributed by atoms with Gasteiger partial charge >= 0.3 is 0 Å². The van der Waals surface area contributed by atoms with E-state index < -0.39 is 6.10 Å². The van der Waals surface area contributed by atoms with Crippen LogP contribution >= 0.6 is 0 Å². The zero-order chi connectivity index (χ0) is 14.7. The molecule has 3 aromatic rings. The Bertz CT molecular complexity index is 702. The summed E-state index contributed by atoms with van der Waals surface area (Å²) in [5, 5.41) is 14.9. The summed E-state index contributed by atoms with van der Waals surface area (Å²) in [6.45, 7) is 2.12. The van der Waals surface area contributed by atoms with Crippen molar-refractivity contribution in [3.8, 4) is 5.69 Å². The number of aryl methyl sites for hydroxylation is 1. The highest BCUT2D eigenvalue weighted by molar-refractivity contribution is 5.36. The number of nitrogens with zero attached hydrogens (tertiary/aromatic N) is 2. The van der Waals surface area contributed by atoms with E-state index in [4.69, 9.17) is 0 Å². The van der Waals surface area contributed by atoms with Crippen LogP contribution in [0.25, 0.3) is 5.69 Å². The summed E-state index contributed by atoms with van der Waals surface area (Å²) in [6, 6.07) is 19.8. The van der Waals surface area contributed by atoms with Crippen molar-refractivity contribution >= 4 is 0 Å². The third-order valence-electron chi connectivity index (χ3n) is 3.66. The second-order valence-electron chi connectivity index (χ2n) is 5.00. The standard InChI is InChI=1S/C18H18N2O/c1-2-14-8-10-15(11-9-14)18(21)17-12-13-19-20(17)16-6-4-3-5-7-16/h3-13,18,21H,2H2,1H3. The van der Waals surface area contributed by atoms with Gasteiger partial charge in [0.05, 0.1) is 11.4 Å². The molecule has 21 heavy (non-hydrogen) atoms. The number of benzene rings is 2.